The molecule has 4 nitrogen and oxygen atoms in total. The number of hydrogen-bond donors (Lipinski definition) is 0. The molecule has 0 radical (unpaired) electrons. The van der Waals surface area contributed by atoms with Crippen molar-refractivity contribution >= 4 is 28.2 Å². The molecule has 1 aliphatic heterocycles. The van der Waals surface area contributed by atoms with Crippen molar-refractivity contribution in [2.75, 3.05) is 19.1 Å². The number of esters is 1. The van der Waals surface area contributed by atoms with Gasteiger partial charge < -0.3 is 9.64 Å². The molecule has 1 unspecified atom stereocenters. The largest absolute Gasteiger partial charge is 0.467 e. The zero-order chi connectivity index (χ0) is 15.2. The normalized spacial score (nSPS) is 20.5. The number of Topliss-reactive ketones (excluding diaryl/α,β-unsaturated/α-hetero) is 1. The topological polar surface area (TPSA) is 46.6 Å². The minimum atomic E-state index is -1.48. The van der Waals surface area contributed by atoms with Crippen LogP contribution in [0.25, 0.3) is 10.8 Å². The molecule has 0 saturated heterocycles. The second-order valence-electron chi connectivity index (χ2n) is 5.03. The van der Waals surface area contributed by atoms with E-state index in [1.807, 2.05) is 36.4 Å². The van der Waals surface area contributed by atoms with Crippen molar-refractivity contribution in [2.24, 2.45) is 0 Å². The van der Waals surface area contributed by atoms with Crippen LogP contribution in [-0.2, 0) is 9.53 Å². The summed E-state index contributed by atoms with van der Waals surface area (Å²) in [6, 6.07) is 11.4. The van der Waals surface area contributed by atoms with Gasteiger partial charge in [0.2, 0.25) is 11.3 Å². The molecular formula is C17H15NO3. The first-order chi connectivity index (χ1) is 10.1. The smallest absolute Gasteiger partial charge is 0.344 e. The van der Waals surface area contributed by atoms with Gasteiger partial charge in [-0.2, -0.15) is 0 Å². The fourth-order valence-corrected chi connectivity index (χ4v) is 3.01. The molecule has 3 rings (SSSR count). The number of anilines is 1. The van der Waals surface area contributed by atoms with Gasteiger partial charge in [-0.1, -0.05) is 36.9 Å². The van der Waals surface area contributed by atoms with Crippen LogP contribution in [0.15, 0.2) is 49.1 Å². The Balaban J connectivity index is 2.35. The van der Waals surface area contributed by atoms with E-state index in [0.717, 1.165) is 10.8 Å². The predicted molar refractivity (Wildman–Crippen MR) is 81.6 cm³/mol. The lowest BCUT2D eigenvalue weighted by atomic mass is 9.91. The summed E-state index contributed by atoms with van der Waals surface area (Å²) >= 11 is 0. The first-order valence-corrected chi connectivity index (χ1v) is 6.60. The summed E-state index contributed by atoms with van der Waals surface area (Å²) in [5, 5.41) is 1.79. The molecule has 2 aromatic rings. The number of carbonyl (C=O) groups is 2. The molecule has 106 valence electrons. The molecule has 4 heteroatoms. The van der Waals surface area contributed by atoms with E-state index in [-0.39, 0.29) is 5.78 Å². The van der Waals surface area contributed by atoms with Gasteiger partial charge in [0.05, 0.1) is 12.7 Å². The molecule has 2 aromatic carbocycles. The van der Waals surface area contributed by atoms with Crippen LogP contribution in [0.3, 0.4) is 0 Å². The SMILES string of the molecule is C=CC1(C(=O)OC)C(=O)c2c(ccc3ccccc23)N1C. The fourth-order valence-electron chi connectivity index (χ4n) is 3.01. The average molecular weight is 281 g/mol. The maximum Gasteiger partial charge on any atom is 0.344 e. The molecular weight excluding hydrogens is 266 g/mol. The highest BCUT2D eigenvalue weighted by atomic mass is 16.5. The van der Waals surface area contributed by atoms with E-state index < -0.39 is 11.5 Å². The van der Waals surface area contributed by atoms with Crippen LogP contribution in [0.5, 0.6) is 0 Å². The Labute approximate surface area is 122 Å². The molecule has 0 bridgehead atoms. The van der Waals surface area contributed by atoms with Crippen LogP contribution in [0.2, 0.25) is 0 Å². The maximum atomic E-state index is 13.0. The lowest BCUT2D eigenvalue weighted by Gasteiger charge is -2.30. The monoisotopic (exact) mass is 281 g/mol. The molecule has 1 atom stereocenters. The number of methoxy groups -OCH3 is 1. The number of ketones is 1. The standard InChI is InChI=1S/C17H15NO3/c1-4-17(16(20)21-3)15(19)14-12-8-6-5-7-11(12)9-10-13(14)18(17)2/h4-10H,1H2,2-3H3. The fraction of sp³-hybridized carbons (Fsp3) is 0.176. The summed E-state index contributed by atoms with van der Waals surface area (Å²) in [7, 11) is 2.98. The number of ether oxygens (including phenoxy) is 1. The van der Waals surface area contributed by atoms with Crippen molar-refractivity contribution in [1.82, 2.24) is 0 Å². The quantitative estimate of drug-likeness (QED) is 0.482. The van der Waals surface area contributed by atoms with Crippen molar-refractivity contribution in [3.63, 3.8) is 0 Å². The highest BCUT2D eigenvalue weighted by molar-refractivity contribution is 6.30. The van der Waals surface area contributed by atoms with Crippen LogP contribution in [-0.4, -0.2) is 31.4 Å². The molecule has 0 aromatic heterocycles. The van der Waals surface area contributed by atoms with Gasteiger partial charge >= 0.3 is 5.97 Å². The Morgan fingerprint density at radius 1 is 1.29 bits per heavy atom. The third-order valence-electron chi connectivity index (χ3n) is 4.16. The first kappa shape index (κ1) is 13.4. The summed E-state index contributed by atoms with van der Waals surface area (Å²) in [5.74, 6) is -0.913. The van der Waals surface area contributed by atoms with Gasteiger partial charge in [-0.05, 0) is 22.9 Å². The van der Waals surface area contributed by atoms with Gasteiger partial charge in [0.1, 0.15) is 0 Å². The third-order valence-corrected chi connectivity index (χ3v) is 4.16. The number of carbonyl (C=O) groups excluding carboxylic acids is 2. The van der Waals surface area contributed by atoms with Crippen molar-refractivity contribution in [3.8, 4) is 0 Å². The molecule has 0 N–H and O–H groups in total. The van der Waals surface area contributed by atoms with E-state index in [0.29, 0.717) is 11.3 Å². The Morgan fingerprint density at radius 3 is 2.67 bits per heavy atom. The van der Waals surface area contributed by atoms with Crippen LogP contribution in [0, 0.1) is 0 Å². The number of likely N-dealkylation sites (N-methyl/N-ethyl adjacent to an activating group) is 1. The lowest BCUT2D eigenvalue weighted by molar-refractivity contribution is -0.143. The van der Waals surface area contributed by atoms with Crippen molar-refractivity contribution < 1.29 is 14.3 Å². The molecule has 0 aliphatic carbocycles. The molecule has 0 saturated carbocycles. The van der Waals surface area contributed by atoms with Gasteiger partial charge in [-0.3, -0.25) is 4.79 Å². The zero-order valence-corrected chi connectivity index (χ0v) is 11.9. The Bertz CT molecular complexity index is 781. The molecule has 1 aliphatic rings. The number of fused-ring (bicyclic) bond motifs is 3. The van der Waals surface area contributed by atoms with E-state index >= 15 is 0 Å². The van der Waals surface area contributed by atoms with E-state index in [1.54, 1.807) is 11.9 Å². The second-order valence-corrected chi connectivity index (χ2v) is 5.03. The lowest BCUT2D eigenvalue weighted by Crippen LogP contribution is -2.54. The Kier molecular flexibility index (Phi) is 2.83. The van der Waals surface area contributed by atoms with E-state index in [9.17, 15) is 9.59 Å². The van der Waals surface area contributed by atoms with Crippen LogP contribution < -0.4 is 4.90 Å². The van der Waals surface area contributed by atoms with Gasteiger partial charge in [-0.25, -0.2) is 4.79 Å². The number of nitrogens with zero attached hydrogens (tertiary/aromatic N) is 1. The molecule has 21 heavy (non-hydrogen) atoms. The maximum absolute atomic E-state index is 13.0. The van der Waals surface area contributed by atoms with Crippen LogP contribution in [0.4, 0.5) is 5.69 Å². The van der Waals surface area contributed by atoms with Crippen molar-refractivity contribution in [3.05, 3.63) is 54.6 Å². The summed E-state index contributed by atoms with van der Waals surface area (Å²) in [4.78, 5) is 26.8. The molecule has 0 fully saturated rings. The second kappa shape index (κ2) is 4.45. The van der Waals surface area contributed by atoms with Crippen molar-refractivity contribution in [1.29, 1.82) is 0 Å². The number of benzene rings is 2. The van der Waals surface area contributed by atoms with Gasteiger partial charge in [0, 0.05) is 12.7 Å². The van der Waals surface area contributed by atoms with E-state index in [2.05, 4.69) is 6.58 Å². The van der Waals surface area contributed by atoms with E-state index in [1.165, 1.54) is 13.2 Å². The average Bonchev–Trinajstić information content (AvgIpc) is 2.75. The Morgan fingerprint density at radius 2 is 2.00 bits per heavy atom. The number of rotatable bonds is 2. The predicted octanol–water partition coefficient (Wildman–Crippen LogP) is 2.57. The summed E-state index contributed by atoms with van der Waals surface area (Å²) in [6.45, 7) is 3.68. The summed E-state index contributed by atoms with van der Waals surface area (Å²) < 4.78 is 4.84. The first-order valence-electron chi connectivity index (χ1n) is 6.60. The third kappa shape index (κ3) is 1.50. The van der Waals surface area contributed by atoms with Crippen LogP contribution >= 0.6 is 0 Å². The minimum Gasteiger partial charge on any atom is -0.467 e. The van der Waals surface area contributed by atoms with Crippen LogP contribution in [0.1, 0.15) is 10.4 Å². The highest BCUT2D eigenvalue weighted by Gasteiger charge is 2.55. The minimum absolute atomic E-state index is 0.293. The summed E-state index contributed by atoms with van der Waals surface area (Å²) in [6.07, 6.45) is 1.36. The molecule has 0 spiro atoms. The van der Waals surface area contributed by atoms with Gasteiger partial charge in [-0.15, -0.1) is 0 Å². The van der Waals surface area contributed by atoms with Gasteiger partial charge in [0.15, 0.2) is 0 Å². The van der Waals surface area contributed by atoms with E-state index in [4.69, 9.17) is 4.74 Å². The summed E-state index contributed by atoms with van der Waals surface area (Å²) in [5.41, 5.74) is -0.230. The molecule has 0 amide bonds. The van der Waals surface area contributed by atoms with Crippen molar-refractivity contribution in [2.45, 2.75) is 5.54 Å². The highest BCUT2D eigenvalue weighted by Crippen LogP contribution is 2.42. The molecule has 1 heterocycles. The zero-order valence-electron chi connectivity index (χ0n) is 11.9. The Hall–Kier alpha value is -2.62. The van der Waals surface area contributed by atoms with Gasteiger partial charge in [0.25, 0.3) is 0 Å². The number of hydrogen-bond acceptors (Lipinski definition) is 4.